The lowest BCUT2D eigenvalue weighted by atomic mass is 10.0. The Labute approximate surface area is 185 Å². The molecule has 0 unspecified atom stereocenters. The molecule has 0 bridgehead atoms. The van der Waals surface area contributed by atoms with Gasteiger partial charge in [-0.25, -0.2) is 4.98 Å². The van der Waals surface area contributed by atoms with Crippen LogP contribution in [0.2, 0.25) is 0 Å². The minimum absolute atomic E-state index is 0.114. The lowest BCUT2D eigenvalue weighted by Crippen LogP contribution is -2.33. The van der Waals surface area contributed by atoms with Crippen molar-refractivity contribution in [1.82, 2.24) is 19.7 Å². The van der Waals surface area contributed by atoms with Crippen molar-refractivity contribution in [3.63, 3.8) is 0 Å². The summed E-state index contributed by atoms with van der Waals surface area (Å²) in [6.07, 6.45) is 0.187. The van der Waals surface area contributed by atoms with Crippen LogP contribution in [0.4, 0.5) is 19.0 Å². The van der Waals surface area contributed by atoms with Gasteiger partial charge in [0.2, 0.25) is 0 Å². The van der Waals surface area contributed by atoms with E-state index in [9.17, 15) is 18.3 Å². The third kappa shape index (κ3) is 3.69. The molecule has 6 nitrogen and oxygen atoms in total. The second-order valence-corrected chi connectivity index (χ2v) is 9.96. The zero-order chi connectivity index (χ0) is 22.8. The fraction of sp³-hybridized carbons (Fsp3) is 0.652. The normalized spacial score (nSPS) is 30.3. The molecule has 5 rings (SSSR count). The van der Waals surface area contributed by atoms with E-state index in [2.05, 4.69) is 15.0 Å². The summed E-state index contributed by atoms with van der Waals surface area (Å²) in [4.78, 5) is 6.31. The van der Waals surface area contributed by atoms with Crippen LogP contribution in [-0.4, -0.2) is 50.5 Å². The van der Waals surface area contributed by atoms with Gasteiger partial charge in [0.1, 0.15) is 5.82 Å². The predicted molar refractivity (Wildman–Crippen MR) is 115 cm³/mol. The van der Waals surface area contributed by atoms with Gasteiger partial charge in [-0.2, -0.15) is 18.3 Å². The Hall–Kier alpha value is -2.13. The first kappa shape index (κ1) is 21.7. The maximum absolute atomic E-state index is 13.3. The lowest BCUT2D eigenvalue weighted by Gasteiger charge is -2.26. The van der Waals surface area contributed by atoms with Gasteiger partial charge in [-0.05, 0) is 69.5 Å². The number of likely N-dealkylation sites (tertiary alicyclic amines) is 1. The van der Waals surface area contributed by atoms with Crippen LogP contribution in [0.1, 0.15) is 56.3 Å². The van der Waals surface area contributed by atoms with Crippen LogP contribution in [0, 0.1) is 17.8 Å². The molecule has 0 aromatic carbocycles. The van der Waals surface area contributed by atoms with Crippen LogP contribution >= 0.6 is 0 Å². The van der Waals surface area contributed by atoms with Crippen molar-refractivity contribution in [2.24, 2.45) is 17.8 Å². The van der Waals surface area contributed by atoms with Gasteiger partial charge in [0.15, 0.2) is 0 Å². The highest BCUT2D eigenvalue weighted by atomic mass is 19.4. The molecule has 2 saturated carbocycles. The number of pyridine rings is 1. The van der Waals surface area contributed by atoms with Crippen LogP contribution < -0.4 is 5.73 Å². The minimum Gasteiger partial charge on any atom is -0.396 e. The molecule has 9 heteroatoms. The summed E-state index contributed by atoms with van der Waals surface area (Å²) in [5.41, 5.74) is 6.51. The second kappa shape index (κ2) is 7.73. The Balaban J connectivity index is 1.36. The number of hydrogen-bond acceptors (Lipinski definition) is 5. The van der Waals surface area contributed by atoms with Crippen molar-refractivity contribution in [2.75, 3.05) is 25.4 Å². The smallest absolute Gasteiger partial charge is 0.396 e. The van der Waals surface area contributed by atoms with Crippen molar-refractivity contribution in [1.29, 1.82) is 0 Å². The number of alkyl halides is 3. The number of nitrogens with zero attached hydrogens (tertiary/aromatic N) is 4. The zero-order valence-corrected chi connectivity index (χ0v) is 18.4. The van der Waals surface area contributed by atoms with Crippen LogP contribution in [0.25, 0.3) is 11.3 Å². The average Bonchev–Trinajstić information content (AvgIpc) is 3.22. The third-order valence-electron chi connectivity index (χ3n) is 7.63. The van der Waals surface area contributed by atoms with E-state index in [1.165, 1.54) is 6.20 Å². The Morgan fingerprint density at radius 3 is 2.53 bits per heavy atom. The molecule has 1 aliphatic heterocycles. The van der Waals surface area contributed by atoms with E-state index >= 15 is 0 Å². The summed E-state index contributed by atoms with van der Waals surface area (Å²) in [5.74, 6) is 1.51. The Kier molecular flexibility index (Phi) is 5.24. The third-order valence-corrected chi connectivity index (χ3v) is 7.63. The monoisotopic (exact) mass is 449 g/mol. The fourth-order valence-electron chi connectivity index (χ4n) is 5.95. The molecule has 3 fully saturated rings. The molecular formula is C23H30F3N5O. The van der Waals surface area contributed by atoms with E-state index in [0.717, 1.165) is 44.1 Å². The molecular weight excluding hydrogens is 419 g/mol. The van der Waals surface area contributed by atoms with Crippen LogP contribution in [-0.2, 0) is 6.18 Å². The Morgan fingerprint density at radius 2 is 1.94 bits per heavy atom. The highest BCUT2D eigenvalue weighted by Gasteiger charge is 2.59. The number of nitrogen functional groups attached to an aromatic ring is 1. The first-order valence-corrected chi connectivity index (χ1v) is 11.4. The molecule has 3 heterocycles. The number of halogens is 3. The van der Waals surface area contributed by atoms with Crippen molar-refractivity contribution >= 4 is 5.82 Å². The number of aromatic nitrogens is 3. The molecule has 0 radical (unpaired) electrons. The number of nitrogens with two attached hydrogens (primary N) is 1. The van der Waals surface area contributed by atoms with E-state index in [1.54, 1.807) is 0 Å². The van der Waals surface area contributed by atoms with Gasteiger partial charge in [-0.1, -0.05) is 0 Å². The molecule has 2 aliphatic carbocycles. The minimum atomic E-state index is -4.55. The Bertz CT molecular complexity index is 992. The highest BCUT2D eigenvalue weighted by Crippen LogP contribution is 2.64. The summed E-state index contributed by atoms with van der Waals surface area (Å²) in [6.45, 7) is 6.42. The molecule has 174 valence electrons. The van der Waals surface area contributed by atoms with E-state index in [-0.39, 0.29) is 12.6 Å². The maximum Gasteiger partial charge on any atom is 0.419 e. The summed E-state index contributed by atoms with van der Waals surface area (Å²) in [5, 5.41) is 14.1. The molecule has 2 aromatic heterocycles. The van der Waals surface area contributed by atoms with E-state index in [1.807, 2.05) is 24.6 Å². The van der Waals surface area contributed by atoms with Crippen molar-refractivity contribution < 1.29 is 18.3 Å². The van der Waals surface area contributed by atoms with Gasteiger partial charge in [0, 0.05) is 48.6 Å². The largest absolute Gasteiger partial charge is 0.419 e. The van der Waals surface area contributed by atoms with Crippen LogP contribution in [0.3, 0.4) is 0 Å². The van der Waals surface area contributed by atoms with E-state index < -0.39 is 17.6 Å². The standard InChI is InChI=1S/C23H30F3N5O/c1-12(2)31-20(8-19(29-31)14-5-18(23(24,25)26)22(27)28-9-14)21-16-6-15(7-17(16)21)30-4-3-13(10-30)11-32/h5,8-9,12-13,15-17,21,32H,3-4,6-7,10-11H2,1-2H3,(H2,27,28)/t13-,15-,16+,17-,21-/m1/s1. The molecule has 5 atom stereocenters. The molecule has 2 aromatic rings. The Morgan fingerprint density at radius 1 is 1.22 bits per heavy atom. The first-order valence-electron chi connectivity index (χ1n) is 11.4. The van der Waals surface area contributed by atoms with E-state index in [0.29, 0.717) is 41.0 Å². The lowest BCUT2D eigenvalue weighted by molar-refractivity contribution is -0.137. The summed E-state index contributed by atoms with van der Waals surface area (Å²) in [6, 6.07) is 3.70. The number of rotatable bonds is 5. The number of aliphatic hydroxyl groups is 1. The molecule has 0 spiro atoms. The number of anilines is 1. The molecule has 3 aliphatic rings. The predicted octanol–water partition coefficient (Wildman–Crippen LogP) is 3.93. The second-order valence-electron chi connectivity index (χ2n) is 9.96. The van der Waals surface area contributed by atoms with Crippen LogP contribution in [0.5, 0.6) is 0 Å². The van der Waals surface area contributed by atoms with Gasteiger partial charge in [0.05, 0.1) is 11.3 Å². The maximum atomic E-state index is 13.3. The number of hydrogen-bond donors (Lipinski definition) is 2. The summed E-state index contributed by atoms with van der Waals surface area (Å²) in [7, 11) is 0. The van der Waals surface area contributed by atoms with Gasteiger partial charge in [0.25, 0.3) is 0 Å². The topological polar surface area (TPSA) is 80.2 Å². The molecule has 1 saturated heterocycles. The number of aliphatic hydroxyl groups excluding tert-OH is 1. The number of fused-ring (bicyclic) bond motifs is 1. The van der Waals surface area contributed by atoms with Gasteiger partial charge >= 0.3 is 6.18 Å². The van der Waals surface area contributed by atoms with Gasteiger partial charge in [-0.15, -0.1) is 0 Å². The molecule has 0 amide bonds. The summed E-state index contributed by atoms with van der Waals surface area (Å²) < 4.78 is 41.9. The SMILES string of the molecule is CC(C)n1nc(-c2cnc(N)c(C(F)(F)F)c2)cc1[C@H]1[C@@H]2C[C@H](N3CC[C@@H](CO)C3)C[C@@H]21. The molecule has 3 N–H and O–H groups in total. The average molecular weight is 450 g/mol. The quantitative estimate of drug-likeness (QED) is 0.723. The molecule has 32 heavy (non-hydrogen) atoms. The van der Waals surface area contributed by atoms with Crippen molar-refractivity contribution in [2.45, 2.75) is 57.3 Å². The summed E-state index contributed by atoms with van der Waals surface area (Å²) >= 11 is 0. The zero-order valence-electron chi connectivity index (χ0n) is 18.4. The van der Waals surface area contributed by atoms with Gasteiger partial charge in [-0.3, -0.25) is 9.58 Å². The first-order chi connectivity index (χ1) is 15.2. The van der Waals surface area contributed by atoms with Crippen molar-refractivity contribution in [3.05, 3.63) is 29.6 Å². The van der Waals surface area contributed by atoms with Crippen molar-refractivity contribution in [3.8, 4) is 11.3 Å². The highest BCUT2D eigenvalue weighted by molar-refractivity contribution is 5.63. The van der Waals surface area contributed by atoms with Gasteiger partial charge < -0.3 is 10.8 Å². The fourth-order valence-corrected chi connectivity index (χ4v) is 5.95. The van der Waals surface area contributed by atoms with Crippen LogP contribution in [0.15, 0.2) is 18.3 Å². The van der Waals surface area contributed by atoms with E-state index in [4.69, 9.17) is 5.73 Å².